The minimum absolute atomic E-state index is 0.771. The Morgan fingerprint density at radius 1 is 1.39 bits per heavy atom. The first kappa shape index (κ1) is 12.2. The van der Waals surface area contributed by atoms with Gasteiger partial charge in [0.05, 0.1) is 0 Å². The first-order chi connectivity index (χ1) is 8.72. The Bertz CT molecular complexity index is 388. The number of nitrogens with zero attached hydrogens (tertiary/aromatic N) is 3. The summed E-state index contributed by atoms with van der Waals surface area (Å²) in [6.07, 6.45) is 9.40. The standard InChI is InChI=1S/C14H24N4/c1-11-15-5-6-18(11)8-7-17(2)14-9-12-3-4-13(10-14)16-12/h5-6,12-14,16H,3-4,7-10H2,1-2H3. The van der Waals surface area contributed by atoms with Crippen molar-refractivity contribution in [2.24, 2.45) is 0 Å². The van der Waals surface area contributed by atoms with Gasteiger partial charge in [0.1, 0.15) is 5.82 Å². The highest BCUT2D eigenvalue weighted by Crippen LogP contribution is 2.29. The molecule has 2 aliphatic heterocycles. The molecule has 4 heteroatoms. The van der Waals surface area contributed by atoms with Crippen molar-refractivity contribution in [1.29, 1.82) is 0 Å². The minimum atomic E-state index is 0.771. The Morgan fingerprint density at radius 3 is 2.72 bits per heavy atom. The lowest BCUT2D eigenvalue weighted by atomic mass is 9.98. The number of imidazole rings is 1. The third-order valence-corrected chi connectivity index (χ3v) is 4.69. The fraction of sp³-hybridized carbons (Fsp3) is 0.786. The summed E-state index contributed by atoms with van der Waals surface area (Å²) in [6, 6.07) is 2.34. The molecule has 3 heterocycles. The Balaban J connectivity index is 1.52. The van der Waals surface area contributed by atoms with Crippen LogP contribution in [0.2, 0.25) is 0 Å². The molecule has 0 spiro atoms. The summed E-state index contributed by atoms with van der Waals surface area (Å²) in [4.78, 5) is 6.82. The highest BCUT2D eigenvalue weighted by molar-refractivity contribution is 4.95. The van der Waals surface area contributed by atoms with E-state index in [0.29, 0.717) is 0 Å². The van der Waals surface area contributed by atoms with Gasteiger partial charge in [-0.1, -0.05) is 0 Å². The van der Waals surface area contributed by atoms with E-state index in [0.717, 1.165) is 37.0 Å². The van der Waals surface area contributed by atoms with Crippen LogP contribution in [0.15, 0.2) is 12.4 Å². The van der Waals surface area contributed by atoms with Gasteiger partial charge >= 0.3 is 0 Å². The Kier molecular flexibility index (Phi) is 3.39. The Labute approximate surface area is 109 Å². The van der Waals surface area contributed by atoms with E-state index in [9.17, 15) is 0 Å². The van der Waals surface area contributed by atoms with Crippen LogP contribution in [0.1, 0.15) is 31.5 Å². The van der Waals surface area contributed by atoms with Crippen LogP contribution >= 0.6 is 0 Å². The van der Waals surface area contributed by atoms with Crippen LogP contribution < -0.4 is 5.32 Å². The zero-order valence-corrected chi connectivity index (χ0v) is 11.5. The second-order valence-corrected chi connectivity index (χ2v) is 5.91. The normalized spacial score (nSPS) is 31.2. The minimum Gasteiger partial charge on any atom is -0.334 e. The first-order valence-electron chi connectivity index (χ1n) is 7.16. The molecular weight excluding hydrogens is 224 g/mol. The van der Waals surface area contributed by atoms with Crippen LogP contribution in [0.4, 0.5) is 0 Å². The van der Waals surface area contributed by atoms with Crippen LogP contribution in [0.5, 0.6) is 0 Å². The van der Waals surface area contributed by atoms with Crippen LogP contribution in [0, 0.1) is 6.92 Å². The molecule has 18 heavy (non-hydrogen) atoms. The second-order valence-electron chi connectivity index (χ2n) is 5.91. The molecule has 2 unspecified atom stereocenters. The van der Waals surface area contributed by atoms with Gasteiger partial charge in [-0.05, 0) is 39.7 Å². The summed E-state index contributed by atoms with van der Waals surface area (Å²) in [5, 5.41) is 3.71. The summed E-state index contributed by atoms with van der Waals surface area (Å²) in [5.74, 6) is 1.12. The molecule has 2 bridgehead atoms. The second kappa shape index (κ2) is 5.02. The number of rotatable bonds is 4. The number of aromatic nitrogens is 2. The fourth-order valence-corrected chi connectivity index (χ4v) is 3.48. The lowest BCUT2D eigenvalue weighted by Crippen LogP contribution is -2.47. The van der Waals surface area contributed by atoms with Gasteiger partial charge in [0.25, 0.3) is 0 Å². The van der Waals surface area contributed by atoms with E-state index in [1.54, 1.807) is 0 Å². The molecular formula is C14H24N4. The van der Waals surface area contributed by atoms with E-state index in [4.69, 9.17) is 0 Å². The zero-order valence-electron chi connectivity index (χ0n) is 11.5. The molecule has 2 fully saturated rings. The largest absolute Gasteiger partial charge is 0.334 e. The van der Waals surface area contributed by atoms with Gasteiger partial charge in [0.15, 0.2) is 0 Å². The summed E-state index contributed by atoms with van der Waals surface area (Å²) in [7, 11) is 2.28. The molecule has 1 aromatic rings. The predicted molar refractivity (Wildman–Crippen MR) is 72.6 cm³/mol. The fourth-order valence-electron chi connectivity index (χ4n) is 3.48. The number of likely N-dealkylation sites (N-methyl/N-ethyl adjacent to an activating group) is 1. The van der Waals surface area contributed by atoms with Crippen molar-refractivity contribution in [3.63, 3.8) is 0 Å². The van der Waals surface area contributed by atoms with E-state index < -0.39 is 0 Å². The lowest BCUT2D eigenvalue weighted by Gasteiger charge is -2.35. The van der Waals surface area contributed by atoms with Crippen molar-refractivity contribution in [3.05, 3.63) is 18.2 Å². The van der Waals surface area contributed by atoms with E-state index in [2.05, 4.69) is 39.9 Å². The molecule has 2 aliphatic rings. The average molecular weight is 248 g/mol. The maximum Gasteiger partial charge on any atom is 0.105 e. The van der Waals surface area contributed by atoms with Crippen LogP contribution in [0.3, 0.4) is 0 Å². The van der Waals surface area contributed by atoms with Crippen molar-refractivity contribution in [3.8, 4) is 0 Å². The van der Waals surface area contributed by atoms with Crippen molar-refractivity contribution in [2.75, 3.05) is 13.6 Å². The SMILES string of the molecule is Cc1nccn1CCN(C)C1CC2CCC(C1)N2. The van der Waals surface area contributed by atoms with Gasteiger partial charge in [-0.2, -0.15) is 0 Å². The maximum atomic E-state index is 4.28. The maximum absolute atomic E-state index is 4.28. The molecule has 2 atom stereocenters. The van der Waals surface area contributed by atoms with Crippen molar-refractivity contribution >= 4 is 0 Å². The molecule has 100 valence electrons. The molecule has 0 amide bonds. The van der Waals surface area contributed by atoms with Gasteiger partial charge in [0, 0.05) is 43.6 Å². The molecule has 0 aromatic carbocycles. The molecule has 3 rings (SSSR count). The highest BCUT2D eigenvalue weighted by atomic mass is 15.2. The first-order valence-corrected chi connectivity index (χ1v) is 7.16. The van der Waals surface area contributed by atoms with Crippen molar-refractivity contribution in [2.45, 2.75) is 57.3 Å². The highest BCUT2D eigenvalue weighted by Gasteiger charge is 2.34. The molecule has 1 aromatic heterocycles. The van der Waals surface area contributed by atoms with E-state index in [-0.39, 0.29) is 0 Å². The number of aryl methyl sites for hydroxylation is 1. The van der Waals surface area contributed by atoms with Gasteiger partial charge in [-0.3, -0.25) is 0 Å². The molecule has 1 N–H and O–H groups in total. The number of nitrogens with one attached hydrogen (secondary N) is 1. The van der Waals surface area contributed by atoms with E-state index >= 15 is 0 Å². The quantitative estimate of drug-likeness (QED) is 0.874. The van der Waals surface area contributed by atoms with Crippen LogP contribution in [0.25, 0.3) is 0 Å². The van der Waals surface area contributed by atoms with Crippen LogP contribution in [-0.2, 0) is 6.54 Å². The Morgan fingerprint density at radius 2 is 2.11 bits per heavy atom. The molecule has 0 aliphatic carbocycles. The van der Waals surface area contributed by atoms with Gasteiger partial charge in [0.2, 0.25) is 0 Å². The molecule has 0 saturated carbocycles. The lowest BCUT2D eigenvalue weighted by molar-refractivity contribution is 0.167. The number of hydrogen-bond acceptors (Lipinski definition) is 3. The topological polar surface area (TPSA) is 33.1 Å². The monoisotopic (exact) mass is 248 g/mol. The zero-order chi connectivity index (χ0) is 12.5. The Hall–Kier alpha value is -0.870. The summed E-state index contributed by atoms with van der Waals surface area (Å²) < 4.78 is 2.24. The van der Waals surface area contributed by atoms with Crippen molar-refractivity contribution < 1.29 is 0 Å². The summed E-state index contributed by atoms with van der Waals surface area (Å²) in [5.41, 5.74) is 0. The van der Waals surface area contributed by atoms with Gasteiger partial charge < -0.3 is 14.8 Å². The van der Waals surface area contributed by atoms with Gasteiger partial charge in [-0.15, -0.1) is 0 Å². The number of fused-ring (bicyclic) bond motifs is 2. The average Bonchev–Trinajstić information content (AvgIpc) is 2.92. The number of piperidine rings is 1. The smallest absolute Gasteiger partial charge is 0.105 e. The van der Waals surface area contributed by atoms with E-state index in [1.807, 2.05) is 6.20 Å². The summed E-state index contributed by atoms with van der Waals surface area (Å²) >= 11 is 0. The van der Waals surface area contributed by atoms with Gasteiger partial charge in [-0.25, -0.2) is 4.98 Å². The number of hydrogen-bond donors (Lipinski definition) is 1. The van der Waals surface area contributed by atoms with Crippen LogP contribution in [-0.4, -0.2) is 46.2 Å². The predicted octanol–water partition coefficient (Wildman–Crippen LogP) is 1.41. The third kappa shape index (κ3) is 2.45. The third-order valence-electron chi connectivity index (χ3n) is 4.69. The van der Waals surface area contributed by atoms with E-state index in [1.165, 1.54) is 25.7 Å². The van der Waals surface area contributed by atoms with Crippen molar-refractivity contribution in [1.82, 2.24) is 19.8 Å². The molecule has 0 radical (unpaired) electrons. The summed E-state index contributed by atoms with van der Waals surface area (Å²) in [6.45, 7) is 4.26. The molecule has 2 saturated heterocycles. The molecule has 4 nitrogen and oxygen atoms in total.